The Kier molecular flexibility index (Phi) is 5.83. The average Bonchev–Trinajstić information content (AvgIpc) is 3.02. The van der Waals surface area contributed by atoms with E-state index in [1.165, 1.54) is 25.1 Å². The maximum Gasteiger partial charge on any atom is 0.417 e. The monoisotopic (exact) mass is 428 g/mol. The van der Waals surface area contributed by atoms with Crippen LogP contribution in [0.1, 0.15) is 22.7 Å². The molecule has 1 amide bonds. The van der Waals surface area contributed by atoms with Crippen LogP contribution in [0.15, 0.2) is 48.5 Å². The quantitative estimate of drug-likeness (QED) is 0.471. The minimum atomic E-state index is -4.46. The molecule has 10 heteroatoms. The van der Waals surface area contributed by atoms with Crippen molar-refractivity contribution < 1.29 is 31.5 Å². The maximum absolute atomic E-state index is 13.0. The van der Waals surface area contributed by atoms with Crippen molar-refractivity contribution in [2.75, 3.05) is 5.32 Å². The zero-order chi connectivity index (χ0) is 21.2. The van der Waals surface area contributed by atoms with E-state index in [1.807, 2.05) is 0 Å². The predicted octanol–water partition coefficient (Wildman–Crippen LogP) is 6.69. The number of rotatable bonds is 4. The summed E-state index contributed by atoms with van der Waals surface area (Å²) in [6, 6.07) is 10.8. The molecule has 29 heavy (non-hydrogen) atoms. The van der Waals surface area contributed by atoms with Crippen LogP contribution in [0, 0.1) is 6.92 Å². The molecule has 4 nitrogen and oxygen atoms in total. The first-order valence-electron chi connectivity index (χ1n) is 8.16. The van der Waals surface area contributed by atoms with Gasteiger partial charge < -0.3 is 4.74 Å². The fourth-order valence-corrected chi connectivity index (χ4v) is 3.31. The Morgan fingerprint density at radius 2 is 1.76 bits per heavy atom. The topological polar surface area (TPSA) is 51.2 Å². The number of ether oxygens (including phenoxy) is 1. The molecule has 1 N–H and O–H groups in total. The highest BCUT2D eigenvalue weighted by molar-refractivity contribution is 7.13. The molecule has 2 aromatic carbocycles. The Morgan fingerprint density at radius 1 is 1.10 bits per heavy atom. The number of nitrogens with one attached hydrogen (secondary N) is 1. The zero-order valence-electron chi connectivity index (χ0n) is 14.8. The molecule has 0 spiro atoms. The van der Waals surface area contributed by atoms with Crippen molar-refractivity contribution in [3.8, 4) is 16.2 Å². The third-order valence-electron chi connectivity index (χ3n) is 3.81. The normalized spacial score (nSPS) is 11.6. The number of hydrogen-bond donors (Lipinski definition) is 1. The molecular formula is C19H13F5N2O2S. The summed E-state index contributed by atoms with van der Waals surface area (Å²) in [6.45, 7) is 1.50. The number of thiazole rings is 1. The van der Waals surface area contributed by atoms with E-state index in [1.54, 1.807) is 18.2 Å². The van der Waals surface area contributed by atoms with Crippen LogP contribution in [0.3, 0.4) is 0 Å². The molecule has 1 aromatic heterocycles. The number of anilines is 1. The second kappa shape index (κ2) is 8.16. The van der Waals surface area contributed by atoms with Crippen molar-refractivity contribution in [2.45, 2.75) is 19.5 Å². The van der Waals surface area contributed by atoms with Crippen LogP contribution in [0.4, 0.5) is 32.4 Å². The summed E-state index contributed by atoms with van der Waals surface area (Å²) in [6.07, 6.45) is -8.38. The number of para-hydroxylation sites is 1. The summed E-state index contributed by atoms with van der Waals surface area (Å²) >= 11 is 0.805. The van der Waals surface area contributed by atoms with Gasteiger partial charge in [0.2, 0.25) is 5.06 Å². The Morgan fingerprint density at radius 3 is 2.38 bits per heavy atom. The van der Waals surface area contributed by atoms with Gasteiger partial charge in [-0.25, -0.2) is 18.6 Å². The average molecular weight is 428 g/mol. The van der Waals surface area contributed by atoms with Crippen molar-refractivity contribution >= 4 is 23.1 Å². The zero-order valence-corrected chi connectivity index (χ0v) is 15.6. The molecule has 0 saturated carbocycles. The van der Waals surface area contributed by atoms with Gasteiger partial charge in [0.25, 0.3) is 6.43 Å². The van der Waals surface area contributed by atoms with Gasteiger partial charge in [0.15, 0.2) is 5.69 Å². The number of carbonyl (C=O) groups excluding carboxylic acids is 1. The molecule has 0 unspecified atom stereocenters. The van der Waals surface area contributed by atoms with Crippen molar-refractivity contribution in [3.05, 3.63) is 64.8 Å². The lowest BCUT2D eigenvalue weighted by atomic mass is 10.0. The molecule has 0 aliphatic heterocycles. The SMILES string of the molecule is Cc1nc(C(F)F)c(OC(=O)Nc2ccccc2-c2ccc(C(F)(F)F)cc2)s1. The van der Waals surface area contributed by atoms with E-state index in [4.69, 9.17) is 4.74 Å². The van der Waals surface area contributed by atoms with Gasteiger partial charge in [0.05, 0.1) is 16.3 Å². The predicted molar refractivity (Wildman–Crippen MR) is 98.3 cm³/mol. The Balaban J connectivity index is 1.82. The fraction of sp³-hybridized carbons (Fsp3) is 0.158. The fourth-order valence-electron chi connectivity index (χ4n) is 2.54. The molecule has 0 bridgehead atoms. The smallest absolute Gasteiger partial charge is 0.397 e. The standard InChI is InChI=1S/C19H13F5N2O2S/c1-10-25-15(16(20)21)17(29-10)28-18(27)26-14-5-3-2-4-13(14)11-6-8-12(9-7-11)19(22,23)24/h2-9,16H,1H3,(H,26,27). The minimum Gasteiger partial charge on any atom is -0.397 e. The van der Waals surface area contributed by atoms with E-state index >= 15 is 0 Å². The lowest BCUT2D eigenvalue weighted by Gasteiger charge is -2.12. The van der Waals surface area contributed by atoms with E-state index < -0.39 is 30.0 Å². The molecular weight excluding hydrogens is 415 g/mol. The van der Waals surface area contributed by atoms with Crippen molar-refractivity contribution in [1.82, 2.24) is 4.98 Å². The molecule has 1 heterocycles. The minimum absolute atomic E-state index is 0.247. The Bertz CT molecular complexity index is 1020. The second-order valence-corrected chi connectivity index (χ2v) is 7.01. The van der Waals surface area contributed by atoms with Gasteiger partial charge in [-0.2, -0.15) is 13.2 Å². The summed E-state index contributed by atoms with van der Waals surface area (Å²) in [4.78, 5) is 15.8. The first kappa shape index (κ1) is 20.7. The number of aromatic nitrogens is 1. The molecule has 3 rings (SSSR count). The molecule has 152 valence electrons. The van der Waals surface area contributed by atoms with Gasteiger partial charge in [-0.05, 0) is 30.7 Å². The van der Waals surface area contributed by atoms with Crippen LogP contribution in [0.5, 0.6) is 5.06 Å². The van der Waals surface area contributed by atoms with Crippen LogP contribution in [-0.4, -0.2) is 11.1 Å². The highest BCUT2D eigenvalue weighted by atomic mass is 32.1. The molecule has 0 aliphatic carbocycles. The first-order chi connectivity index (χ1) is 13.6. The van der Waals surface area contributed by atoms with Crippen molar-refractivity contribution in [1.29, 1.82) is 0 Å². The van der Waals surface area contributed by atoms with Gasteiger partial charge in [0, 0.05) is 5.56 Å². The lowest BCUT2D eigenvalue weighted by Crippen LogP contribution is -2.17. The molecule has 0 aliphatic rings. The van der Waals surface area contributed by atoms with Crippen LogP contribution < -0.4 is 10.1 Å². The van der Waals surface area contributed by atoms with Crippen molar-refractivity contribution in [2.24, 2.45) is 0 Å². The first-order valence-corrected chi connectivity index (χ1v) is 8.98. The summed E-state index contributed by atoms with van der Waals surface area (Å²) in [5.41, 5.74) is -0.314. The molecule has 0 fully saturated rings. The van der Waals surface area contributed by atoms with E-state index in [0.717, 1.165) is 23.5 Å². The molecule has 0 radical (unpaired) electrons. The van der Waals surface area contributed by atoms with E-state index in [0.29, 0.717) is 16.1 Å². The van der Waals surface area contributed by atoms with Gasteiger partial charge in [-0.3, -0.25) is 5.32 Å². The Hall–Kier alpha value is -3.01. The van der Waals surface area contributed by atoms with E-state index in [9.17, 15) is 26.7 Å². The van der Waals surface area contributed by atoms with Crippen LogP contribution in [0.25, 0.3) is 11.1 Å². The summed E-state index contributed by atoms with van der Waals surface area (Å²) in [5, 5.41) is 2.42. The number of aryl methyl sites for hydroxylation is 1. The third kappa shape index (κ3) is 4.89. The van der Waals surface area contributed by atoms with Crippen LogP contribution in [0.2, 0.25) is 0 Å². The van der Waals surface area contributed by atoms with Gasteiger partial charge in [-0.1, -0.05) is 41.7 Å². The number of amides is 1. The third-order valence-corrected chi connectivity index (χ3v) is 4.67. The highest BCUT2D eigenvalue weighted by Gasteiger charge is 2.30. The van der Waals surface area contributed by atoms with E-state index in [-0.39, 0.29) is 10.8 Å². The van der Waals surface area contributed by atoms with Gasteiger partial charge in [-0.15, -0.1) is 0 Å². The lowest BCUT2D eigenvalue weighted by molar-refractivity contribution is -0.137. The number of alkyl halides is 5. The highest BCUT2D eigenvalue weighted by Crippen LogP contribution is 2.35. The number of carbonyl (C=O) groups is 1. The second-order valence-electron chi connectivity index (χ2n) is 5.84. The summed E-state index contributed by atoms with van der Waals surface area (Å²) < 4.78 is 69.1. The van der Waals surface area contributed by atoms with Gasteiger partial charge in [0.1, 0.15) is 0 Å². The van der Waals surface area contributed by atoms with E-state index in [2.05, 4.69) is 10.3 Å². The number of hydrogen-bond acceptors (Lipinski definition) is 4. The summed E-state index contributed by atoms with van der Waals surface area (Å²) in [7, 11) is 0. The number of nitrogens with zero attached hydrogens (tertiary/aromatic N) is 1. The number of benzene rings is 2. The summed E-state index contributed by atoms with van der Waals surface area (Å²) in [5.74, 6) is 0. The molecule has 0 atom stereocenters. The van der Waals surface area contributed by atoms with Gasteiger partial charge >= 0.3 is 12.3 Å². The van der Waals surface area contributed by atoms with Crippen LogP contribution >= 0.6 is 11.3 Å². The number of halogens is 5. The van der Waals surface area contributed by atoms with Crippen molar-refractivity contribution in [3.63, 3.8) is 0 Å². The maximum atomic E-state index is 13.0. The molecule has 3 aromatic rings. The Labute approximate surface area is 166 Å². The molecule has 0 saturated heterocycles. The largest absolute Gasteiger partial charge is 0.417 e. The van der Waals surface area contributed by atoms with Crippen LogP contribution in [-0.2, 0) is 6.18 Å².